The fourth-order valence-electron chi connectivity index (χ4n) is 2.34. The smallest absolute Gasteiger partial charge is 0.311 e. The van der Waals surface area contributed by atoms with Crippen molar-refractivity contribution in [3.05, 3.63) is 59.5 Å². The Bertz CT molecular complexity index is 776. The van der Waals surface area contributed by atoms with Crippen molar-refractivity contribution in [1.29, 1.82) is 0 Å². The zero-order valence-corrected chi connectivity index (χ0v) is 15.8. The van der Waals surface area contributed by atoms with E-state index < -0.39 is 12.1 Å². The molecule has 0 unspecified atom stereocenters. The molecule has 2 rings (SSSR count). The lowest BCUT2D eigenvalue weighted by atomic mass is 10.1. The highest BCUT2D eigenvalue weighted by molar-refractivity contribution is 5.83. The van der Waals surface area contributed by atoms with Crippen LogP contribution in [0.4, 0.5) is 0 Å². The third-order valence-electron chi connectivity index (χ3n) is 3.93. The lowest BCUT2D eigenvalue weighted by molar-refractivity contribution is -0.154. The first-order chi connectivity index (χ1) is 12.9. The second-order valence-electron chi connectivity index (χ2n) is 6.08. The molecule has 1 atom stereocenters. The van der Waals surface area contributed by atoms with E-state index in [1.165, 1.54) is 6.92 Å². The second-order valence-corrected chi connectivity index (χ2v) is 6.08. The minimum Gasteiger partial charge on any atom is -0.489 e. The number of esters is 1. The van der Waals surface area contributed by atoms with E-state index in [1.54, 1.807) is 30.3 Å². The number of amides is 1. The van der Waals surface area contributed by atoms with Crippen LogP contribution >= 0.6 is 0 Å². The van der Waals surface area contributed by atoms with Gasteiger partial charge in [0.05, 0.1) is 17.7 Å². The molecule has 1 aromatic carbocycles. The monoisotopic (exact) mass is 372 g/mol. The highest BCUT2D eigenvalue weighted by Crippen LogP contribution is 2.18. The van der Waals surface area contributed by atoms with Gasteiger partial charge >= 0.3 is 5.97 Å². The van der Waals surface area contributed by atoms with Gasteiger partial charge in [0.2, 0.25) is 0 Å². The molecule has 1 aromatic heterocycles. The Morgan fingerprint density at radius 3 is 2.59 bits per heavy atom. The molecule has 7 heteroatoms. The molecule has 0 spiro atoms. The second kappa shape index (κ2) is 9.56. The number of benzene rings is 1. The fourth-order valence-corrected chi connectivity index (χ4v) is 2.34. The highest BCUT2D eigenvalue weighted by Gasteiger charge is 2.17. The largest absolute Gasteiger partial charge is 0.489 e. The normalized spacial score (nSPS) is 11.5. The van der Waals surface area contributed by atoms with Crippen molar-refractivity contribution >= 4 is 11.9 Å². The van der Waals surface area contributed by atoms with Crippen LogP contribution in [0, 0.1) is 13.8 Å². The van der Waals surface area contributed by atoms with Gasteiger partial charge in [-0.05, 0) is 38.5 Å². The first-order valence-corrected chi connectivity index (χ1v) is 8.62. The molecular weight excluding hydrogens is 348 g/mol. The molecule has 27 heavy (non-hydrogen) atoms. The lowest BCUT2D eigenvalue weighted by Gasteiger charge is -2.13. The lowest BCUT2D eigenvalue weighted by Crippen LogP contribution is -2.36. The first kappa shape index (κ1) is 20.2. The summed E-state index contributed by atoms with van der Waals surface area (Å²) in [6, 6.07) is 7.13. The summed E-state index contributed by atoms with van der Waals surface area (Å²) in [5.41, 5.74) is 2.49. The number of aryl methyl sites for hydroxylation is 2. The minimum atomic E-state index is -0.852. The van der Waals surface area contributed by atoms with Crippen molar-refractivity contribution in [2.24, 2.45) is 0 Å². The van der Waals surface area contributed by atoms with Crippen LogP contribution in [0.1, 0.15) is 29.5 Å². The van der Waals surface area contributed by atoms with Gasteiger partial charge in [-0.2, -0.15) is 0 Å². The summed E-state index contributed by atoms with van der Waals surface area (Å²) in [7, 11) is 0. The SMILES string of the molecule is C=CCNC(=O)[C@@H](C)OC(=O)Cc1ccc(OCc2c(C)noc2C)cc1. The maximum atomic E-state index is 12.0. The molecule has 1 amide bonds. The zero-order chi connectivity index (χ0) is 19.8. The van der Waals surface area contributed by atoms with Gasteiger partial charge in [-0.25, -0.2) is 0 Å². The third kappa shape index (κ3) is 5.99. The van der Waals surface area contributed by atoms with E-state index in [9.17, 15) is 9.59 Å². The van der Waals surface area contributed by atoms with Crippen molar-refractivity contribution in [3.63, 3.8) is 0 Å². The van der Waals surface area contributed by atoms with Crippen molar-refractivity contribution in [3.8, 4) is 5.75 Å². The van der Waals surface area contributed by atoms with E-state index >= 15 is 0 Å². The summed E-state index contributed by atoms with van der Waals surface area (Å²) in [5, 5.41) is 6.47. The molecule has 0 saturated heterocycles. The number of nitrogens with one attached hydrogen (secondary N) is 1. The molecule has 0 aliphatic carbocycles. The zero-order valence-electron chi connectivity index (χ0n) is 15.8. The highest BCUT2D eigenvalue weighted by atomic mass is 16.5. The molecule has 0 aliphatic rings. The molecule has 1 heterocycles. The average molecular weight is 372 g/mol. The maximum Gasteiger partial charge on any atom is 0.311 e. The molecule has 0 radical (unpaired) electrons. The molecule has 2 aromatic rings. The molecule has 7 nitrogen and oxygen atoms in total. The van der Waals surface area contributed by atoms with Crippen molar-refractivity contribution in [2.45, 2.75) is 39.9 Å². The number of aromatic nitrogens is 1. The van der Waals surface area contributed by atoms with E-state index in [4.69, 9.17) is 14.0 Å². The Morgan fingerprint density at radius 2 is 2.00 bits per heavy atom. The first-order valence-electron chi connectivity index (χ1n) is 8.62. The van der Waals surface area contributed by atoms with Crippen LogP contribution in [0.25, 0.3) is 0 Å². The van der Waals surface area contributed by atoms with Gasteiger partial charge in [-0.15, -0.1) is 6.58 Å². The summed E-state index contributed by atoms with van der Waals surface area (Å²) >= 11 is 0. The quantitative estimate of drug-likeness (QED) is 0.537. The summed E-state index contributed by atoms with van der Waals surface area (Å²) in [5.74, 6) is 0.578. The number of hydrogen-bond donors (Lipinski definition) is 1. The molecule has 0 saturated carbocycles. The van der Waals surface area contributed by atoms with Gasteiger partial charge in [0.25, 0.3) is 5.91 Å². The molecule has 0 aliphatic heterocycles. The maximum absolute atomic E-state index is 12.0. The number of carbonyl (C=O) groups is 2. The van der Waals surface area contributed by atoms with Crippen LogP contribution < -0.4 is 10.1 Å². The van der Waals surface area contributed by atoms with E-state index in [1.807, 2.05) is 13.8 Å². The number of rotatable bonds is 9. The number of carbonyl (C=O) groups excluding carboxylic acids is 2. The Labute approximate surface area is 158 Å². The minimum absolute atomic E-state index is 0.0726. The van der Waals surface area contributed by atoms with Crippen LogP contribution in [0.2, 0.25) is 0 Å². The van der Waals surface area contributed by atoms with E-state index in [2.05, 4.69) is 17.1 Å². The van der Waals surface area contributed by atoms with Crippen LogP contribution in [-0.4, -0.2) is 29.7 Å². The van der Waals surface area contributed by atoms with E-state index in [0.29, 0.717) is 18.9 Å². The average Bonchev–Trinajstić information content (AvgIpc) is 2.96. The van der Waals surface area contributed by atoms with E-state index in [0.717, 1.165) is 22.6 Å². The number of ether oxygens (including phenoxy) is 2. The topological polar surface area (TPSA) is 90.7 Å². The molecule has 1 N–H and O–H groups in total. The van der Waals surface area contributed by atoms with Crippen molar-refractivity contribution < 1.29 is 23.6 Å². The third-order valence-corrected chi connectivity index (χ3v) is 3.93. The standard InChI is InChI=1S/C20H24N2O5/c1-5-10-21-20(24)15(4)26-19(23)11-16-6-8-17(9-7-16)25-12-18-13(2)22-27-14(18)3/h5-9,15H,1,10-12H2,2-4H3,(H,21,24)/t15-/m1/s1. The Morgan fingerprint density at radius 1 is 1.30 bits per heavy atom. The fraction of sp³-hybridized carbons (Fsp3) is 0.350. The van der Waals surface area contributed by atoms with Gasteiger partial charge in [-0.3, -0.25) is 9.59 Å². The summed E-state index contributed by atoms with van der Waals surface area (Å²) in [6.45, 7) is 9.43. The molecule has 0 bridgehead atoms. The van der Waals surface area contributed by atoms with Gasteiger partial charge in [0, 0.05) is 6.54 Å². The summed E-state index contributed by atoms with van der Waals surface area (Å²) in [6.07, 6.45) is 0.778. The van der Waals surface area contributed by atoms with Gasteiger partial charge < -0.3 is 19.3 Å². The van der Waals surface area contributed by atoms with Crippen LogP contribution in [0.5, 0.6) is 5.75 Å². The van der Waals surface area contributed by atoms with Crippen LogP contribution in [0.15, 0.2) is 41.4 Å². The van der Waals surface area contributed by atoms with Crippen molar-refractivity contribution in [2.75, 3.05) is 6.54 Å². The van der Waals surface area contributed by atoms with Gasteiger partial charge in [0.1, 0.15) is 18.1 Å². The number of nitrogens with zero attached hydrogens (tertiary/aromatic N) is 1. The van der Waals surface area contributed by atoms with Crippen LogP contribution in [0.3, 0.4) is 0 Å². The van der Waals surface area contributed by atoms with Gasteiger partial charge in [0.15, 0.2) is 6.10 Å². The summed E-state index contributed by atoms with van der Waals surface area (Å²) in [4.78, 5) is 23.7. The predicted molar refractivity (Wildman–Crippen MR) is 99.2 cm³/mol. The van der Waals surface area contributed by atoms with E-state index in [-0.39, 0.29) is 12.3 Å². The Hall–Kier alpha value is -3.09. The molecule has 0 fully saturated rings. The van der Waals surface area contributed by atoms with Gasteiger partial charge in [-0.1, -0.05) is 23.4 Å². The molecular formula is C20H24N2O5. The predicted octanol–water partition coefficient (Wildman–Crippen LogP) is 2.65. The summed E-state index contributed by atoms with van der Waals surface area (Å²) < 4.78 is 16.0. The Kier molecular flexibility index (Phi) is 7.16. The van der Waals surface area contributed by atoms with Crippen LogP contribution in [-0.2, 0) is 27.4 Å². The van der Waals surface area contributed by atoms with Crippen molar-refractivity contribution in [1.82, 2.24) is 10.5 Å². The Balaban J connectivity index is 1.83. The molecule has 144 valence electrons. The number of hydrogen-bond acceptors (Lipinski definition) is 6.